The van der Waals surface area contributed by atoms with Gasteiger partial charge < -0.3 is 20.7 Å². The lowest BCUT2D eigenvalue weighted by molar-refractivity contribution is -0.123. The zero-order valence-electron chi connectivity index (χ0n) is 19.4. The van der Waals surface area contributed by atoms with Crippen LogP contribution in [0.1, 0.15) is 36.8 Å². The zero-order chi connectivity index (χ0) is 22.9. The first kappa shape index (κ1) is 23.1. The number of aliphatic imine (C=N–C) groups is 1. The predicted molar refractivity (Wildman–Crippen MR) is 131 cm³/mol. The number of amides is 1. The highest BCUT2D eigenvalue weighted by Gasteiger charge is 2.25. The summed E-state index contributed by atoms with van der Waals surface area (Å²) in [6.45, 7) is 3.68. The van der Waals surface area contributed by atoms with Crippen molar-refractivity contribution < 1.29 is 9.53 Å². The fourth-order valence-electron chi connectivity index (χ4n) is 4.16. The molecule has 1 saturated heterocycles. The molecule has 2 aliphatic rings. The van der Waals surface area contributed by atoms with Crippen LogP contribution in [0.25, 0.3) is 0 Å². The van der Waals surface area contributed by atoms with E-state index in [9.17, 15) is 4.79 Å². The number of carbonyl (C=O) groups excluding carboxylic acids is 1. The Morgan fingerprint density at radius 3 is 2.67 bits per heavy atom. The molecular formula is C26H35N5O2. The first-order valence-corrected chi connectivity index (χ1v) is 11.9. The van der Waals surface area contributed by atoms with Crippen LogP contribution in [0.5, 0.6) is 5.75 Å². The topological polar surface area (TPSA) is 78.0 Å². The normalized spacial score (nSPS) is 18.7. The minimum atomic E-state index is -0.0566. The third kappa shape index (κ3) is 7.49. The molecule has 0 aromatic heterocycles. The Morgan fingerprint density at radius 1 is 1.06 bits per heavy atom. The van der Waals surface area contributed by atoms with Crippen LogP contribution in [0.4, 0.5) is 0 Å². The molecule has 3 N–H and O–H groups in total. The van der Waals surface area contributed by atoms with Crippen molar-refractivity contribution >= 4 is 11.9 Å². The van der Waals surface area contributed by atoms with Gasteiger partial charge in [0.25, 0.3) is 5.91 Å². The smallest absolute Gasteiger partial charge is 0.258 e. The first-order chi connectivity index (χ1) is 16.2. The van der Waals surface area contributed by atoms with Crippen LogP contribution in [0.2, 0.25) is 0 Å². The van der Waals surface area contributed by atoms with E-state index in [1.165, 1.54) is 18.4 Å². The van der Waals surface area contributed by atoms with E-state index < -0.39 is 0 Å². The first-order valence-electron chi connectivity index (χ1n) is 11.9. The lowest BCUT2D eigenvalue weighted by Gasteiger charge is -2.25. The molecule has 4 rings (SSSR count). The molecule has 7 heteroatoms. The van der Waals surface area contributed by atoms with Crippen molar-refractivity contribution in [2.24, 2.45) is 4.99 Å². The molecule has 1 heterocycles. The Hall–Kier alpha value is -3.06. The van der Waals surface area contributed by atoms with Gasteiger partial charge in [0.15, 0.2) is 12.6 Å². The second-order valence-electron chi connectivity index (χ2n) is 8.84. The van der Waals surface area contributed by atoms with Crippen molar-refractivity contribution in [1.29, 1.82) is 0 Å². The highest BCUT2D eigenvalue weighted by Crippen LogP contribution is 2.20. The molecule has 2 aromatic carbocycles. The summed E-state index contributed by atoms with van der Waals surface area (Å²) < 4.78 is 5.65. The number of nitrogens with one attached hydrogen (secondary N) is 3. The average molecular weight is 450 g/mol. The molecule has 0 spiro atoms. The quantitative estimate of drug-likeness (QED) is 0.384. The van der Waals surface area contributed by atoms with Crippen LogP contribution in [0.3, 0.4) is 0 Å². The highest BCUT2D eigenvalue weighted by atomic mass is 16.5. The van der Waals surface area contributed by atoms with Crippen LogP contribution < -0.4 is 20.7 Å². The van der Waals surface area contributed by atoms with Crippen LogP contribution in [0.15, 0.2) is 59.6 Å². The molecule has 0 radical (unpaired) electrons. The van der Waals surface area contributed by atoms with E-state index in [2.05, 4.69) is 56.2 Å². The minimum Gasteiger partial charge on any atom is -0.484 e. The third-order valence-electron chi connectivity index (χ3n) is 6.13. The zero-order valence-corrected chi connectivity index (χ0v) is 19.4. The summed E-state index contributed by atoms with van der Waals surface area (Å²) in [5, 5.41) is 9.81. The molecule has 1 aliphatic carbocycles. The number of nitrogens with zero attached hydrogens (tertiary/aromatic N) is 2. The van der Waals surface area contributed by atoms with E-state index >= 15 is 0 Å². The molecule has 1 unspecified atom stereocenters. The average Bonchev–Trinajstić information content (AvgIpc) is 3.55. The van der Waals surface area contributed by atoms with E-state index in [4.69, 9.17) is 4.74 Å². The summed E-state index contributed by atoms with van der Waals surface area (Å²) in [6, 6.07) is 19.3. The Balaban J connectivity index is 1.21. The van der Waals surface area contributed by atoms with Gasteiger partial charge in [0, 0.05) is 38.8 Å². The highest BCUT2D eigenvalue weighted by molar-refractivity contribution is 5.79. The number of guanidine groups is 1. The van der Waals surface area contributed by atoms with Gasteiger partial charge in [-0.2, -0.15) is 0 Å². The molecule has 1 aliphatic heterocycles. The molecule has 0 bridgehead atoms. The standard InChI is InChI=1S/C26H35N5O2/c1-27-26(29-17-23-10-6-14-31(23)18-20-7-3-2-4-8-20)28-16-21-9-5-11-24(15-21)33-19-25(32)30-22-12-13-22/h2-5,7-9,11,15,22-23H,6,10,12-14,16-19H2,1H3,(H,30,32)(H2,27,28,29). The SMILES string of the molecule is CN=C(NCc1cccc(OCC(=O)NC2CC2)c1)NCC1CCCN1Cc1ccccc1. The van der Waals surface area contributed by atoms with Gasteiger partial charge in [-0.3, -0.25) is 14.7 Å². The predicted octanol–water partition coefficient (Wildman–Crippen LogP) is 2.67. The summed E-state index contributed by atoms with van der Waals surface area (Å²) in [6.07, 6.45) is 4.59. The number of likely N-dealkylation sites (tertiary alicyclic amines) is 1. The van der Waals surface area contributed by atoms with E-state index in [0.717, 1.165) is 44.0 Å². The molecular weight excluding hydrogens is 414 g/mol. The Kier molecular flexibility index (Phi) is 8.19. The second kappa shape index (κ2) is 11.7. The number of carbonyl (C=O) groups is 1. The number of rotatable bonds is 10. The van der Waals surface area contributed by atoms with Crippen LogP contribution in [-0.2, 0) is 17.9 Å². The van der Waals surface area contributed by atoms with Crippen molar-refractivity contribution in [2.45, 2.75) is 50.9 Å². The van der Waals surface area contributed by atoms with Crippen molar-refractivity contribution in [3.8, 4) is 5.75 Å². The molecule has 1 amide bonds. The Bertz CT molecular complexity index is 929. The van der Waals surface area contributed by atoms with Gasteiger partial charge in [0.1, 0.15) is 5.75 Å². The van der Waals surface area contributed by atoms with E-state index in [1.54, 1.807) is 7.05 Å². The van der Waals surface area contributed by atoms with Gasteiger partial charge in [-0.15, -0.1) is 0 Å². The van der Waals surface area contributed by atoms with Gasteiger partial charge in [-0.25, -0.2) is 0 Å². The van der Waals surface area contributed by atoms with Gasteiger partial charge >= 0.3 is 0 Å². The van der Waals surface area contributed by atoms with Crippen molar-refractivity contribution in [2.75, 3.05) is 26.7 Å². The summed E-state index contributed by atoms with van der Waals surface area (Å²) in [5.74, 6) is 1.43. The van der Waals surface area contributed by atoms with Gasteiger partial charge in [-0.1, -0.05) is 42.5 Å². The molecule has 1 atom stereocenters. The number of hydrogen-bond acceptors (Lipinski definition) is 4. The summed E-state index contributed by atoms with van der Waals surface area (Å²) in [4.78, 5) is 18.8. The maximum atomic E-state index is 11.8. The van der Waals surface area contributed by atoms with Crippen molar-refractivity contribution in [3.63, 3.8) is 0 Å². The second-order valence-corrected chi connectivity index (χ2v) is 8.84. The molecule has 1 saturated carbocycles. The maximum absolute atomic E-state index is 11.8. The maximum Gasteiger partial charge on any atom is 0.258 e. The van der Waals surface area contributed by atoms with Crippen LogP contribution >= 0.6 is 0 Å². The molecule has 2 fully saturated rings. The Morgan fingerprint density at radius 2 is 1.88 bits per heavy atom. The summed E-state index contributed by atoms with van der Waals surface area (Å²) in [7, 11) is 1.80. The van der Waals surface area contributed by atoms with Gasteiger partial charge in [0.05, 0.1) is 0 Å². The lowest BCUT2D eigenvalue weighted by Crippen LogP contribution is -2.44. The largest absolute Gasteiger partial charge is 0.484 e. The number of ether oxygens (including phenoxy) is 1. The van der Waals surface area contributed by atoms with Gasteiger partial charge in [-0.05, 0) is 55.5 Å². The minimum absolute atomic E-state index is 0.0531. The van der Waals surface area contributed by atoms with Crippen molar-refractivity contribution in [1.82, 2.24) is 20.9 Å². The number of benzene rings is 2. The lowest BCUT2D eigenvalue weighted by atomic mass is 10.2. The van der Waals surface area contributed by atoms with Crippen LogP contribution in [-0.4, -0.2) is 55.6 Å². The van der Waals surface area contributed by atoms with E-state index in [-0.39, 0.29) is 12.5 Å². The van der Waals surface area contributed by atoms with Crippen LogP contribution in [0, 0.1) is 0 Å². The monoisotopic (exact) mass is 449 g/mol. The third-order valence-corrected chi connectivity index (χ3v) is 6.13. The number of hydrogen-bond donors (Lipinski definition) is 3. The molecule has 7 nitrogen and oxygen atoms in total. The fraction of sp³-hybridized carbons (Fsp3) is 0.462. The molecule has 2 aromatic rings. The molecule has 33 heavy (non-hydrogen) atoms. The van der Waals surface area contributed by atoms with E-state index in [0.29, 0.717) is 24.4 Å². The Labute approximate surface area is 196 Å². The summed E-state index contributed by atoms with van der Waals surface area (Å²) >= 11 is 0. The summed E-state index contributed by atoms with van der Waals surface area (Å²) in [5.41, 5.74) is 2.43. The van der Waals surface area contributed by atoms with E-state index in [1.807, 2.05) is 24.3 Å². The molecule has 176 valence electrons. The van der Waals surface area contributed by atoms with Crippen molar-refractivity contribution in [3.05, 3.63) is 65.7 Å². The fourth-order valence-corrected chi connectivity index (χ4v) is 4.16. The van der Waals surface area contributed by atoms with Gasteiger partial charge in [0.2, 0.25) is 0 Å².